The molecule has 0 aromatic heterocycles. The quantitative estimate of drug-likeness (QED) is 0.166. The van der Waals surface area contributed by atoms with Crippen LogP contribution in [0.4, 0.5) is 5.69 Å². The number of ketones is 1. The minimum absolute atomic E-state index is 0.0217. The van der Waals surface area contributed by atoms with Gasteiger partial charge in [-0.1, -0.05) is 64.5 Å². The highest BCUT2D eigenvalue weighted by molar-refractivity contribution is 9.09. The first-order valence-corrected chi connectivity index (χ1v) is 13.1. The van der Waals surface area contributed by atoms with E-state index in [1.807, 2.05) is 24.5 Å². The monoisotopic (exact) mass is 507 g/mol. The number of amides is 2. The molecule has 0 saturated heterocycles. The summed E-state index contributed by atoms with van der Waals surface area (Å²) in [5.41, 5.74) is 0.996. The standard InChI is InChI=1S/C23H27BrN2O4S/c1-3-26(30,19-12-8-5-9-13-19)23(29)20(25-22(28)16-24)14-15-31(2)17-21(27)18-10-6-4-7-11-18/h4-13,20H,3,14-17H2,1-2H3/p+1. The number of Topliss-reactive ketones (excluding diaryl/α,β-unsaturated/α-hetero) is 1. The number of rotatable bonds is 11. The maximum absolute atomic E-state index is 13.5. The molecule has 31 heavy (non-hydrogen) atoms. The number of hydroxylamine groups is 2. The van der Waals surface area contributed by atoms with Crippen molar-refractivity contribution >= 4 is 50.1 Å². The van der Waals surface area contributed by atoms with E-state index in [9.17, 15) is 19.6 Å². The molecule has 0 bridgehead atoms. The fourth-order valence-electron chi connectivity index (χ4n) is 3.20. The number of alkyl halides is 1. The van der Waals surface area contributed by atoms with E-state index in [2.05, 4.69) is 21.2 Å². The van der Waals surface area contributed by atoms with Crippen LogP contribution in [-0.4, -0.2) is 53.3 Å². The van der Waals surface area contributed by atoms with E-state index in [0.717, 1.165) is 0 Å². The SMILES string of the molecule is CC[N+]([O-])(C(=O)C(CC[S+](C)CC(=O)c1ccccc1)NC(=O)CBr)c1ccccc1. The first kappa shape index (κ1) is 25.3. The van der Waals surface area contributed by atoms with Gasteiger partial charge in [0.2, 0.25) is 11.7 Å². The molecule has 2 aromatic carbocycles. The van der Waals surface area contributed by atoms with Crippen LogP contribution in [0.5, 0.6) is 0 Å². The first-order valence-electron chi connectivity index (χ1n) is 10.0. The van der Waals surface area contributed by atoms with Crippen LogP contribution in [-0.2, 0) is 20.5 Å². The maximum atomic E-state index is 13.5. The van der Waals surface area contributed by atoms with Gasteiger partial charge in [-0.15, -0.1) is 0 Å². The first-order chi connectivity index (χ1) is 14.8. The van der Waals surface area contributed by atoms with Crippen LogP contribution in [0.2, 0.25) is 0 Å². The van der Waals surface area contributed by atoms with Crippen LogP contribution in [0, 0.1) is 5.21 Å². The predicted molar refractivity (Wildman–Crippen MR) is 131 cm³/mol. The second-order valence-corrected chi connectivity index (χ2v) is 10.0. The molecule has 0 radical (unpaired) electrons. The van der Waals surface area contributed by atoms with Crippen LogP contribution in [0.25, 0.3) is 0 Å². The van der Waals surface area contributed by atoms with Crippen molar-refractivity contribution < 1.29 is 14.4 Å². The predicted octanol–water partition coefficient (Wildman–Crippen LogP) is 3.44. The number of carbonyl (C=O) groups is 3. The van der Waals surface area contributed by atoms with E-state index in [4.69, 9.17) is 0 Å². The van der Waals surface area contributed by atoms with Crippen molar-refractivity contribution in [3.63, 3.8) is 0 Å². The number of nitrogens with zero attached hydrogens (tertiary/aromatic N) is 1. The number of likely N-dealkylation sites (N-methyl/N-ethyl adjacent to an activating group) is 1. The molecule has 2 amide bonds. The summed E-state index contributed by atoms with van der Waals surface area (Å²) >= 11 is 3.09. The molecule has 0 aliphatic carbocycles. The molecule has 2 aromatic rings. The number of halogens is 1. The third-order valence-electron chi connectivity index (χ3n) is 4.96. The Morgan fingerprint density at radius 2 is 1.65 bits per heavy atom. The van der Waals surface area contributed by atoms with Gasteiger partial charge in [-0.3, -0.25) is 14.2 Å². The van der Waals surface area contributed by atoms with Crippen molar-refractivity contribution in [2.75, 3.05) is 29.6 Å². The van der Waals surface area contributed by atoms with E-state index in [1.165, 1.54) is 0 Å². The molecule has 6 nitrogen and oxygen atoms in total. The second kappa shape index (κ2) is 12.1. The minimum atomic E-state index is -1.14. The molecule has 8 heteroatoms. The van der Waals surface area contributed by atoms with E-state index < -0.39 is 16.6 Å². The maximum Gasteiger partial charge on any atom is 0.341 e. The highest BCUT2D eigenvalue weighted by Crippen LogP contribution is 2.24. The van der Waals surface area contributed by atoms with E-state index in [1.54, 1.807) is 49.4 Å². The lowest BCUT2D eigenvalue weighted by Gasteiger charge is -2.40. The van der Waals surface area contributed by atoms with Crippen molar-refractivity contribution in [1.82, 2.24) is 9.96 Å². The Hall–Kier alpha value is -2.00. The summed E-state index contributed by atoms with van der Waals surface area (Å²) in [5.74, 6) is 0.00222. The Balaban J connectivity index is 2.11. The van der Waals surface area contributed by atoms with Crippen LogP contribution < -0.4 is 9.96 Å². The summed E-state index contributed by atoms with van der Waals surface area (Å²) in [7, 11) is -0.301. The average Bonchev–Trinajstić information content (AvgIpc) is 2.81. The Kier molecular flexibility index (Phi) is 9.90. The van der Waals surface area contributed by atoms with Gasteiger partial charge in [0.25, 0.3) is 0 Å². The summed E-state index contributed by atoms with van der Waals surface area (Å²) in [6.07, 6.45) is 2.26. The van der Waals surface area contributed by atoms with Crippen LogP contribution >= 0.6 is 15.9 Å². The van der Waals surface area contributed by atoms with Gasteiger partial charge in [0.05, 0.1) is 18.1 Å². The number of carbonyl (C=O) groups excluding carboxylic acids is 3. The number of para-hydroxylation sites is 1. The third-order valence-corrected chi connectivity index (χ3v) is 7.15. The Labute approximate surface area is 194 Å². The molecule has 3 atom stereocenters. The number of hydrogen-bond acceptors (Lipinski definition) is 4. The smallest absolute Gasteiger partial charge is 0.341 e. The molecule has 0 spiro atoms. The summed E-state index contributed by atoms with van der Waals surface area (Å²) in [4.78, 5) is 37.7. The topological polar surface area (TPSA) is 86.3 Å². The second-order valence-electron chi connectivity index (χ2n) is 7.19. The van der Waals surface area contributed by atoms with Gasteiger partial charge in [-0.25, -0.2) is 4.79 Å². The highest BCUT2D eigenvalue weighted by atomic mass is 79.9. The molecule has 0 saturated carbocycles. The third kappa shape index (κ3) is 7.00. The van der Waals surface area contributed by atoms with E-state index in [-0.39, 0.29) is 34.5 Å². The highest BCUT2D eigenvalue weighted by Gasteiger charge is 2.37. The molecule has 3 unspecified atom stereocenters. The summed E-state index contributed by atoms with van der Waals surface area (Å²) in [5, 5.41) is 16.2. The zero-order valence-corrected chi connectivity index (χ0v) is 20.2. The number of quaternary nitrogens is 1. The fraction of sp³-hybridized carbons (Fsp3) is 0.348. The minimum Gasteiger partial charge on any atom is -0.620 e. The fourth-order valence-corrected chi connectivity index (χ4v) is 4.76. The zero-order valence-electron chi connectivity index (χ0n) is 17.8. The van der Waals surface area contributed by atoms with Crippen molar-refractivity contribution in [2.24, 2.45) is 0 Å². The van der Waals surface area contributed by atoms with Gasteiger partial charge < -0.3 is 10.5 Å². The zero-order chi connectivity index (χ0) is 22.9. The molecule has 166 valence electrons. The average molecular weight is 508 g/mol. The van der Waals surface area contributed by atoms with E-state index in [0.29, 0.717) is 29.2 Å². The molecule has 0 fully saturated rings. The molecule has 2 rings (SSSR count). The number of nitrogens with one attached hydrogen (secondary N) is 1. The van der Waals surface area contributed by atoms with Gasteiger partial charge in [0, 0.05) is 12.0 Å². The Morgan fingerprint density at radius 1 is 1.06 bits per heavy atom. The van der Waals surface area contributed by atoms with Gasteiger partial charge in [0.15, 0.2) is 5.75 Å². The van der Waals surface area contributed by atoms with Crippen LogP contribution in [0.1, 0.15) is 23.7 Å². The summed E-state index contributed by atoms with van der Waals surface area (Å²) in [6, 6.07) is 16.6. The van der Waals surface area contributed by atoms with E-state index >= 15 is 0 Å². The lowest BCUT2D eigenvalue weighted by molar-refractivity contribution is -0.133. The van der Waals surface area contributed by atoms with Gasteiger partial charge in [-0.05, 0) is 30.0 Å². The summed E-state index contributed by atoms with van der Waals surface area (Å²) in [6.45, 7) is 1.68. The van der Waals surface area contributed by atoms with Crippen LogP contribution in [0.3, 0.4) is 0 Å². The normalized spacial score (nSPS) is 14.8. The lowest BCUT2D eigenvalue weighted by atomic mass is 10.1. The Morgan fingerprint density at radius 3 is 2.19 bits per heavy atom. The molecule has 0 heterocycles. The van der Waals surface area contributed by atoms with Crippen molar-refractivity contribution in [3.8, 4) is 0 Å². The molecular formula is C23H28BrN2O4S+. The van der Waals surface area contributed by atoms with Crippen LogP contribution in [0.15, 0.2) is 60.7 Å². The van der Waals surface area contributed by atoms with Gasteiger partial charge >= 0.3 is 5.91 Å². The molecule has 1 N–H and O–H groups in total. The number of benzene rings is 2. The molecular weight excluding hydrogens is 480 g/mol. The summed E-state index contributed by atoms with van der Waals surface area (Å²) < 4.78 is -1.14. The largest absolute Gasteiger partial charge is 0.620 e. The lowest BCUT2D eigenvalue weighted by Crippen LogP contribution is -2.58. The van der Waals surface area contributed by atoms with Crippen molar-refractivity contribution in [1.29, 1.82) is 0 Å². The molecule has 0 aliphatic heterocycles. The van der Waals surface area contributed by atoms with Gasteiger partial charge in [0.1, 0.15) is 17.5 Å². The van der Waals surface area contributed by atoms with Crippen molar-refractivity contribution in [3.05, 3.63) is 71.4 Å². The molecule has 0 aliphatic rings. The van der Waals surface area contributed by atoms with Gasteiger partial charge in [-0.2, -0.15) is 0 Å². The number of hydrogen-bond donors (Lipinski definition) is 1. The Bertz CT molecular complexity index is 882. The van der Waals surface area contributed by atoms with Crippen molar-refractivity contribution in [2.45, 2.75) is 19.4 Å².